The van der Waals surface area contributed by atoms with Crippen molar-refractivity contribution < 1.29 is 14.4 Å². The van der Waals surface area contributed by atoms with Crippen molar-refractivity contribution in [3.8, 4) is 0 Å². The summed E-state index contributed by atoms with van der Waals surface area (Å²) >= 11 is 0. The first-order chi connectivity index (χ1) is 6.80. The van der Waals surface area contributed by atoms with Gasteiger partial charge < -0.3 is 14.7 Å². The van der Waals surface area contributed by atoms with Crippen molar-refractivity contribution in [1.29, 1.82) is 0 Å². The van der Waals surface area contributed by atoms with Crippen LogP contribution in [0.5, 0.6) is 0 Å². The van der Waals surface area contributed by atoms with Crippen molar-refractivity contribution in [2.75, 3.05) is 37.4 Å². The van der Waals surface area contributed by atoms with E-state index in [1.165, 1.54) is 0 Å². The third-order valence-electron chi connectivity index (χ3n) is 2.94. The van der Waals surface area contributed by atoms with Crippen LogP contribution >= 0.6 is 16.4 Å². The molecule has 0 spiro atoms. The first-order valence-corrected chi connectivity index (χ1v) is 9.92. The largest absolute Gasteiger partial charge is 0.366 e. The fourth-order valence-corrected chi connectivity index (χ4v) is 4.78. The van der Waals surface area contributed by atoms with Gasteiger partial charge in [-0.1, -0.05) is 20.8 Å². The standard InChI is InChI=1S/C9H24NO3PS/c1-5-10(6-2)8-9-15(4,7-3)14(11,12)13/h5-9H2,1-4H3,(H2,11,12,13). The summed E-state index contributed by atoms with van der Waals surface area (Å²) in [6, 6.07) is 0. The average Bonchev–Trinajstić information content (AvgIpc) is 2.17. The fraction of sp³-hybridized carbons (Fsp3) is 1.00. The molecular formula is C9H24NO3PS. The topological polar surface area (TPSA) is 60.8 Å². The van der Waals surface area contributed by atoms with Gasteiger partial charge in [-0.15, -0.1) is 9.65 Å². The Morgan fingerprint density at radius 2 is 1.67 bits per heavy atom. The summed E-state index contributed by atoms with van der Waals surface area (Å²) in [5, 5.41) is 0. The zero-order valence-electron chi connectivity index (χ0n) is 10.1. The SMILES string of the molecule is CCN(CC)CCS(C)(CC)P(=O)(O)O. The first-order valence-electron chi connectivity index (χ1n) is 5.32. The monoisotopic (exact) mass is 257 g/mol. The van der Waals surface area contributed by atoms with E-state index in [4.69, 9.17) is 0 Å². The van der Waals surface area contributed by atoms with Gasteiger partial charge in [0, 0.05) is 6.54 Å². The molecule has 0 amide bonds. The second kappa shape index (κ2) is 6.26. The number of rotatable bonds is 7. The maximum atomic E-state index is 11.4. The third kappa shape index (κ3) is 4.45. The molecule has 0 aromatic carbocycles. The molecule has 0 aromatic rings. The molecule has 0 radical (unpaired) electrons. The number of hydrogen-bond donors (Lipinski definition) is 2. The summed E-state index contributed by atoms with van der Waals surface area (Å²) in [5.41, 5.74) is 0. The van der Waals surface area contributed by atoms with E-state index in [9.17, 15) is 14.4 Å². The molecule has 1 atom stereocenters. The summed E-state index contributed by atoms with van der Waals surface area (Å²) in [7, 11) is -1.78. The molecule has 2 N–H and O–H groups in total. The van der Waals surface area contributed by atoms with Crippen molar-refractivity contribution >= 4 is 16.4 Å². The van der Waals surface area contributed by atoms with Crippen molar-refractivity contribution in [3.05, 3.63) is 0 Å². The smallest absolute Gasteiger partial charge is 0.318 e. The van der Waals surface area contributed by atoms with Crippen LogP contribution in [0.15, 0.2) is 0 Å². The number of hydrogen-bond acceptors (Lipinski definition) is 2. The van der Waals surface area contributed by atoms with Crippen LogP contribution in [0.1, 0.15) is 20.8 Å². The molecule has 94 valence electrons. The van der Waals surface area contributed by atoms with E-state index in [0.29, 0.717) is 11.5 Å². The molecule has 1 unspecified atom stereocenters. The molecule has 0 aromatic heterocycles. The lowest BCUT2D eigenvalue weighted by molar-refractivity contribution is 0.323. The van der Waals surface area contributed by atoms with Gasteiger partial charge in [0.15, 0.2) is 0 Å². The van der Waals surface area contributed by atoms with Crippen molar-refractivity contribution in [1.82, 2.24) is 4.90 Å². The summed E-state index contributed by atoms with van der Waals surface area (Å²) < 4.78 is 11.4. The molecule has 0 heterocycles. The summed E-state index contributed by atoms with van der Waals surface area (Å²) in [6.45, 7) is 4.77. The Hall–Kier alpha value is 0.460. The van der Waals surface area contributed by atoms with Crippen molar-refractivity contribution in [2.24, 2.45) is 0 Å². The van der Waals surface area contributed by atoms with E-state index >= 15 is 0 Å². The van der Waals surface area contributed by atoms with E-state index in [1.807, 2.05) is 6.92 Å². The Morgan fingerprint density at radius 3 is 1.93 bits per heavy atom. The van der Waals surface area contributed by atoms with Crippen LogP contribution in [0, 0.1) is 0 Å². The van der Waals surface area contributed by atoms with Gasteiger partial charge in [-0.3, -0.25) is 0 Å². The lowest BCUT2D eigenvalue weighted by atomic mass is 10.5. The van der Waals surface area contributed by atoms with Gasteiger partial charge in [0.05, 0.1) is 0 Å². The van der Waals surface area contributed by atoms with E-state index < -0.39 is 16.4 Å². The fourth-order valence-electron chi connectivity index (χ4n) is 1.30. The van der Waals surface area contributed by atoms with Gasteiger partial charge >= 0.3 is 6.80 Å². The normalized spacial score (nSPS) is 18.9. The molecule has 0 rings (SSSR count). The predicted octanol–water partition coefficient (Wildman–Crippen LogP) is 1.88. The second-order valence-corrected chi connectivity index (χ2v) is 12.2. The lowest BCUT2D eigenvalue weighted by Gasteiger charge is -2.36. The van der Waals surface area contributed by atoms with Gasteiger partial charge in [-0.05, 0) is 30.9 Å². The first kappa shape index (κ1) is 15.5. The van der Waals surface area contributed by atoms with E-state index in [-0.39, 0.29) is 0 Å². The molecule has 4 nitrogen and oxygen atoms in total. The zero-order chi connectivity index (χ0) is 12.1. The van der Waals surface area contributed by atoms with Crippen LogP contribution in [-0.2, 0) is 4.57 Å². The summed E-state index contributed by atoms with van der Waals surface area (Å²) in [6.07, 6.45) is 1.76. The Labute approximate surface area is 94.3 Å². The molecule has 0 aliphatic rings. The molecule has 0 bridgehead atoms. The minimum atomic E-state index is -3.91. The van der Waals surface area contributed by atoms with Gasteiger partial charge in [0.2, 0.25) is 0 Å². The van der Waals surface area contributed by atoms with Crippen molar-refractivity contribution in [3.63, 3.8) is 0 Å². The summed E-state index contributed by atoms with van der Waals surface area (Å²) in [4.78, 5) is 20.9. The Balaban J connectivity index is 4.40. The van der Waals surface area contributed by atoms with E-state index in [0.717, 1.165) is 19.6 Å². The highest BCUT2D eigenvalue weighted by molar-refractivity contribution is 8.76. The Bertz CT molecular complexity index is 229. The van der Waals surface area contributed by atoms with Crippen LogP contribution in [0.2, 0.25) is 0 Å². The number of nitrogens with zero attached hydrogens (tertiary/aromatic N) is 1. The molecule has 0 aliphatic carbocycles. The minimum absolute atomic E-state index is 0.596. The van der Waals surface area contributed by atoms with Crippen molar-refractivity contribution in [2.45, 2.75) is 20.8 Å². The minimum Gasteiger partial charge on any atom is -0.318 e. The molecule has 0 saturated carbocycles. The van der Waals surface area contributed by atoms with Crippen LogP contribution in [0.4, 0.5) is 0 Å². The van der Waals surface area contributed by atoms with Gasteiger partial charge in [-0.2, -0.15) is 0 Å². The van der Waals surface area contributed by atoms with Crippen LogP contribution < -0.4 is 0 Å². The summed E-state index contributed by atoms with van der Waals surface area (Å²) in [5.74, 6) is 1.23. The molecular weight excluding hydrogens is 233 g/mol. The lowest BCUT2D eigenvalue weighted by Crippen LogP contribution is -2.28. The molecule has 0 aliphatic heterocycles. The average molecular weight is 257 g/mol. The molecule has 0 saturated heterocycles. The van der Waals surface area contributed by atoms with E-state index in [2.05, 4.69) is 18.7 Å². The van der Waals surface area contributed by atoms with Gasteiger partial charge in [-0.25, -0.2) is 4.57 Å². The zero-order valence-corrected chi connectivity index (χ0v) is 11.9. The maximum Gasteiger partial charge on any atom is 0.366 e. The van der Waals surface area contributed by atoms with Gasteiger partial charge in [0.25, 0.3) is 0 Å². The highest BCUT2D eigenvalue weighted by Crippen LogP contribution is 2.74. The maximum absolute atomic E-state index is 11.4. The van der Waals surface area contributed by atoms with Crippen LogP contribution in [0.25, 0.3) is 0 Å². The second-order valence-electron chi connectivity index (χ2n) is 3.73. The molecule has 0 fully saturated rings. The quantitative estimate of drug-likeness (QED) is 0.684. The molecule has 6 heteroatoms. The highest BCUT2D eigenvalue weighted by atomic mass is 32.8. The molecule has 15 heavy (non-hydrogen) atoms. The predicted molar refractivity (Wildman–Crippen MR) is 68.8 cm³/mol. The Morgan fingerprint density at radius 1 is 1.20 bits per heavy atom. The third-order valence-corrected chi connectivity index (χ3v) is 11.2. The Kier molecular flexibility index (Phi) is 6.45. The van der Waals surface area contributed by atoms with E-state index in [1.54, 1.807) is 6.26 Å². The van der Waals surface area contributed by atoms with Gasteiger partial charge in [0.1, 0.15) is 0 Å². The van der Waals surface area contributed by atoms with Crippen LogP contribution in [-0.4, -0.2) is 52.1 Å². The highest BCUT2D eigenvalue weighted by Gasteiger charge is 2.35. The van der Waals surface area contributed by atoms with Crippen LogP contribution in [0.3, 0.4) is 0 Å².